The van der Waals surface area contributed by atoms with Crippen LogP contribution in [0.15, 0.2) is 6.20 Å². The molecule has 3 heterocycles. The number of nitrogens with zero attached hydrogens (tertiary/aromatic N) is 4. The van der Waals surface area contributed by atoms with Gasteiger partial charge in [0.15, 0.2) is 18.0 Å². The molecule has 47 heteroatoms. The van der Waals surface area contributed by atoms with Gasteiger partial charge in [-0.25, -0.2) is 9.48 Å². The van der Waals surface area contributed by atoms with Gasteiger partial charge in [0.1, 0.15) is 12.1 Å². The average molecular weight is 1590 g/mol. The molecule has 0 saturated carbocycles. The second kappa shape index (κ2) is 45.2. The van der Waals surface area contributed by atoms with Crippen LogP contribution in [0.1, 0.15) is 96.1 Å². The maximum absolute atomic E-state index is 14.9. The molecule has 2 fully saturated rings. The van der Waals surface area contributed by atoms with Gasteiger partial charge in [-0.3, -0.25) is 28.8 Å². The number of halogens is 20. The van der Waals surface area contributed by atoms with E-state index in [1.54, 1.807) is 18.0 Å². The average Bonchev–Trinajstić information content (AvgIpc) is 1.36. The molecule has 105 heavy (non-hydrogen) atoms. The summed E-state index contributed by atoms with van der Waals surface area (Å²) in [6.45, 7) is -5.40. The summed E-state index contributed by atoms with van der Waals surface area (Å²) >= 11 is 1.80. The molecule has 0 radical (unpaired) electrons. The first-order valence-electron chi connectivity index (χ1n) is 32.5. The third-order valence-electron chi connectivity index (χ3n) is 14.6. The Balaban J connectivity index is 1.38. The number of carbonyl (C=O) groups excluding carboxylic acids is 7. The molecule has 0 spiro atoms. The number of thioether (sulfide) groups is 1. The molecule has 2 aliphatic rings. The molecule has 5 N–H and O–H groups in total. The second-order valence-corrected chi connectivity index (χ2v) is 24.4. The van der Waals surface area contributed by atoms with Gasteiger partial charge in [-0.1, -0.05) is 18.6 Å². The van der Waals surface area contributed by atoms with E-state index in [0.29, 0.717) is 30.3 Å². The highest BCUT2D eigenvalue weighted by molar-refractivity contribution is 8.00. The molecule has 6 amide bonds. The Bertz CT molecular complexity index is 2780. The molecule has 0 bridgehead atoms. The maximum atomic E-state index is 14.9. The van der Waals surface area contributed by atoms with Crippen LogP contribution in [0, 0.1) is 0 Å². The Morgan fingerprint density at radius 1 is 0.590 bits per heavy atom. The summed E-state index contributed by atoms with van der Waals surface area (Å²) in [6, 6.07) is 0.0664. The largest absolute Gasteiger partial charge is 0.456 e. The number of ketones is 2. The number of hydrogen-bond acceptors (Lipinski definition) is 20. The van der Waals surface area contributed by atoms with Crippen molar-refractivity contribution in [1.29, 1.82) is 0 Å². The smallest absolute Gasteiger partial charge is 0.379 e. The van der Waals surface area contributed by atoms with E-state index in [1.807, 2.05) is 0 Å². The number of alkyl halides is 20. The minimum Gasteiger partial charge on any atom is -0.379 e. The minimum atomic E-state index is -6.44. The Morgan fingerprint density at radius 2 is 1.10 bits per heavy atom. The van der Waals surface area contributed by atoms with E-state index in [-0.39, 0.29) is 142 Å². The highest BCUT2D eigenvalue weighted by atomic mass is 32.2. The van der Waals surface area contributed by atoms with Gasteiger partial charge in [0.2, 0.25) is 35.5 Å². The minimum absolute atomic E-state index is 0.00560. The van der Waals surface area contributed by atoms with Crippen molar-refractivity contribution >= 4 is 53.0 Å². The Hall–Kier alpha value is -5.82. The van der Waals surface area contributed by atoms with Crippen molar-refractivity contribution in [3.63, 3.8) is 0 Å². The summed E-state index contributed by atoms with van der Waals surface area (Å²) in [5, 5.41) is 21.5. The standard InChI is InChI=1S/C58H83F20N9O17S/c1-2-52(62,63)103-42(55(67,68)69)33-101-49(57(73,74)75)39(88)7-5-14-79-45(91)11-19-95-25-28-98-22-16-86(47(93)13-21-97-27-30-100-24-18-87-32-37(84-85-87)31-81-44(90)10-4-3-8-40-48-38(35-105-40)82-50(94)83-48)17-23-99-29-26-96-20-12-46(92)80-15-6-9-41(89)54(66,58(76,77)78)102-34-43(56(70,71)72)104-53(64,65)36-51(59,60)61/h32,38,40,42-43,48-49H,2-31,33-36H2,1H3,(H,79,91)(H,80,92)(H,81,90)(H2,82,83,94)/t38-,40-,42?,43?,48-,49?,54?/m0/s1. The zero-order chi connectivity index (χ0) is 78.7. The van der Waals surface area contributed by atoms with Gasteiger partial charge < -0.3 is 78.9 Å². The van der Waals surface area contributed by atoms with Gasteiger partial charge in [-0.2, -0.15) is 99.6 Å². The van der Waals surface area contributed by atoms with E-state index < -0.39 is 161 Å². The number of hydrogen-bond donors (Lipinski definition) is 5. The fourth-order valence-electron chi connectivity index (χ4n) is 9.23. The number of ether oxygens (including phenoxy) is 10. The summed E-state index contributed by atoms with van der Waals surface area (Å²) in [6.07, 6.45) is -55.4. The molecule has 26 nitrogen and oxygen atoms in total. The van der Waals surface area contributed by atoms with Crippen LogP contribution >= 0.6 is 11.8 Å². The zero-order valence-electron chi connectivity index (χ0n) is 56.3. The fraction of sp³-hybridized carbons (Fsp3) is 0.845. The summed E-state index contributed by atoms with van der Waals surface area (Å²) in [5.74, 6) is -11.1. The number of rotatable bonds is 56. The fourth-order valence-corrected chi connectivity index (χ4v) is 10.8. The predicted molar refractivity (Wildman–Crippen MR) is 320 cm³/mol. The van der Waals surface area contributed by atoms with E-state index in [0.717, 1.165) is 25.5 Å². The van der Waals surface area contributed by atoms with Crippen LogP contribution in [0.25, 0.3) is 0 Å². The molecule has 2 saturated heterocycles. The Morgan fingerprint density at radius 3 is 1.64 bits per heavy atom. The van der Waals surface area contributed by atoms with Crippen molar-refractivity contribution in [2.45, 2.75) is 188 Å². The van der Waals surface area contributed by atoms with Gasteiger partial charge in [-0.15, -0.1) is 5.10 Å². The van der Waals surface area contributed by atoms with Crippen LogP contribution in [-0.4, -0.2) is 270 Å². The lowest BCUT2D eigenvalue weighted by Crippen LogP contribution is -2.53. The highest BCUT2D eigenvalue weighted by Crippen LogP contribution is 2.41. The van der Waals surface area contributed by atoms with Crippen LogP contribution in [0.2, 0.25) is 0 Å². The van der Waals surface area contributed by atoms with E-state index in [4.69, 9.17) is 28.4 Å². The van der Waals surface area contributed by atoms with Gasteiger partial charge in [0, 0.05) is 75.7 Å². The summed E-state index contributed by atoms with van der Waals surface area (Å²) in [7, 11) is 0. The monoisotopic (exact) mass is 1590 g/mol. The predicted octanol–water partition coefficient (Wildman–Crippen LogP) is 7.28. The molecule has 2 aliphatic heterocycles. The third kappa shape index (κ3) is 38.2. The van der Waals surface area contributed by atoms with Crippen LogP contribution < -0.4 is 26.6 Å². The van der Waals surface area contributed by atoms with Crippen LogP contribution in [-0.2, 0) is 89.2 Å². The normalized spacial score (nSPS) is 17.5. The molecule has 3 rings (SSSR count). The molecule has 608 valence electrons. The van der Waals surface area contributed by atoms with Gasteiger partial charge in [-0.05, 0) is 25.7 Å². The van der Waals surface area contributed by atoms with E-state index in [9.17, 15) is 121 Å². The number of unbranched alkanes of at least 4 members (excludes halogenated alkanes) is 1. The molecule has 1 aromatic heterocycles. The lowest BCUT2D eigenvalue weighted by atomic mass is 10.0. The van der Waals surface area contributed by atoms with E-state index >= 15 is 0 Å². The zero-order valence-corrected chi connectivity index (χ0v) is 57.1. The van der Waals surface area contributed by atoms with Crippen LogP contribution in [0.3, 0.4) is 0 Å². The number of urea groups is 1. The number of aromatic nitrogens is 3. The highest BCUT2D eigenvalue weighted by Gasteiger charge is 2.64. The first kappa shape index (κ1) is 93.4. The first-order chi connectivity index (χ1) is 48.9. The van der Waals surface area contributed by atoms with Crippen LogP contribution in [0.5, 0.6) is 0 Å². The molecule has 0 aliphatic carbocycles. The lowest BCUT2D eigenvalue weighted by molar-refractivity contribution is -0.371. The molecule has 4 unspecified atom stereocenters. The van der Waals surface area contributed by atoms with Gasteiger partial charge in [0.25, 0.3) is 0 Å². The third-order valence-corrected chi connectivity index (χ3v) is 16.2. The molecular weight excluding hydrogens is 1510 g/mol. The second-order valence-electron chi connectivity index (χ2n) is 23.1. The molecule has 7 atom stereocenters. The summed E-state index contributed by atoms with van der Waals surface area (Å²) < 4.78 is 315. The van der Waals surface area contributed by atoms with Gasteiger partial charge in [0.05, 0.1) is 130 Å². The number of carbonyl (C=O) groups is 7. The first-order valence-corrected chi connectivity index (χ1v) is 33.6. The van der Waals surface area contributed by atoms with Crippen molar-refractivity contribution < 1.29 is 169 Å². The van der Waals surface area contributed by atoms with Crippen molar-refractivity contribution in [1.82, 2.24) is 46.5 Å². The van der Waals surface area contributed by atoms with Crippen molar-refractivity contribution in [2.24, 2.45) is 0 Å². The maximum Gasteiger partial charge on any atom is 0.456 e. The molecule has 1 aromatic rings. The van der Waals surface area contributed by atoms with E-state index in [2.05, 4.69) is 55.8 Å². The molecule has 0 aromatic carbocycles. The lowest BCUT2D eigenvalue weighted by Gasteiger charge is -2.31. The van der Waals surface area contributed by atoms with E-state index in [1.165, 1.54) is 9.58 Å². The Kier molecular flexibility index (Phi) is 40.2. The number of fused-ring (bicyclic) bond motifs is 1. The van der Waals surface area contributed by atoms with Crippen molar-refractivity contribution in [3.05, 3.63) is 11.9 Å². The van der Waals surface area contributed by atoms with Crippen molar-refractivity contribution in [3.8, 4) is 0 Å². The van der Waals surface area contributed by atoms with Crippen LogP contribution in [0.4, 0.5) is 92.6 Å². The molecular formula is C58H83F20N9O17S. The number of amides is 6. The summed E-state index contributed by atoms with van der Waals surface area (Å²) in [4.78, 5) is 87.7. The quantitative estimate of drug-likeness (QED) is 0.0243. The van der Waals surface area contributed by atoms with Crippen molar-refractivity contribution in [2.75, 3.05) is 124 Å². The number of Topliss-reactive ketones (excluding diaryl/α,β-unsaturated/α-hetero) is 2. The number of nitrogens with one attached hydrogen (secondary N) is 5. The Labute approximate surface area is 591 Å². The summed E-state index contributed by atoms with van der Waals surface area (Å²) in [5.41, 5.74) is 0.526. The topological polar surface area (TPSA) is 306 Å². The SMILES string of the molecule is CCC(F)(F)OC(COC(C(=O)CCCNC(=O)CCOCCOCCN(CCOCCOCCC(=O)NCCCC(=O)C(F)(OCC(OC(F)(F)CC(F)(F)F)C(F)(F)F)C(F)(F)F)C(=O)CCOCCOCCn1cc(CNC(=O)CCCC[C@@H]2SC[C@@H]3NC(=O)N[C@@H]32)nn1)C(F)(F)F)C(F)(F)F. The van der Waals surface area contributed by atoms with Gasteiger partial charge >= 0.3 is 55.0 Å².